The lowest BCUT2D eigenvalue weighted by molar-refractivity contribution is -0.383. The summed E-state index contributed by atoms with van der Waals surface area (Å²) in [4.78, 5) is 10.4. The Labute approximate surface area is 100 Å². The molecule has 2 aromatic rings. The van der Waals surface area contributed by atoms with Crippen molar-refractivity contribution in [2.75, 3.05) is 0 Å². The zero-order chi connectivity index (χ0) is 10.3. The summed E-state index contributed by atoms with van der Waals surface area (Å²) in [7, 11) is 0. The molecule has 2 rings (SSSR count). The molecule has 0 bridgehead atoms. The molecule has 1 heterocycles. The van der Waals surface area contributed by atoms with Crippen molar-refractivity contribution in [1.29, 1.82) is 0 Å². The first kappa shape index (κ1) is 10.1. The van der Waals surface area contributed by atoms with Gasteiger partial charge in [0, 0.05) is 15.2 Å². The number of halogens is 2. The molecule has 0 unspecified atom stereocenters. The first-order valence-corrected chi connectivity index (χ1v) is 6.07. The van der Waals surface area contributed by atoms with Crippen LogP contribution in [0.15, 0.2) is 26.5 Å². The number of hydrogen-bond donors (Lipinski definition) is 0. The Morgan fingerprint density at radius 2 is 2.00 bits per heavy atom. The molecule has 0 saturated carbocycles. The molecule has 72 valence electrons. The normalized spacial score (nSPS) is 10.7. The van der Waals surface area contributed by atoms with E-state index in [2.05, 4.69) is 31.9 Å². The molecule has 0 fully saturated rings. The number of hydrogen-bond acceptors (Lipinski definition) is 3. The highest BCUT2D eigenvalue weighted by molar-refractivity contribution is 9.11. The quantitative estimate of drug-likeness (QED) is 0.574. The Bertz CT molecular complexity index is 523. The van der Waals surface area contributed by atoms with Crippen molar-refractivity contribution in [1.82, 2.24) is 0 Å². The van der Waals surface area contributed by atoms with E-state index in [1.165, 1.54) is 11.3 Å². The third-order valence-corrected chi connectivity index (χ3v) is 4.40. The van der Waals surface area contributed by atoms with Crippen LogP contribution in [0, 0.1) is 10.1 Å². The molecule has 1 aromatic carbocycles. The zero-order valence-corrected chi connectivity index (χ0v) is 10.6. The number of thiophene rings is 1. The van der Waals surface area contributed by atoms with Crippen molar-refractivity contribution in [2.45, 2.75) is 0 Å². The highest BCUT2D eigenvalue weighted by atomic mass is 79.9. The van der Waals surface area contributed by atoms with Crippen LogP contribution in [0.1, 0.15) is 0 Å². The van der Waals surface area contributed by atoms with Gasteiger partial charge < -0.3 is 0 Å². The maximum Gasteiger partial charge on any atom is 0.301 e. The highest BCUT2D eigenvalue weighted by Gasteiger charge is 2.19. The number of benzene rings is 1. The van der Waals surface area contributed by atoms with Crippen LogP contribution in [0.5, 0.6) is 0 Å². The molecule has 14 heavy (non-hydrogen) atoms. The van der Waals surface area contributed by atoms with Gasteiger partial charge in [0.2, 0.25) is 0 Å². The fourth-order valence-corrected chi connectivity index (χ4v) is 3.50. The van der Waals surface area contributed by atoms with Crippen LogP contribution in [0.3, 0.4) is 0 Å². The van der Waals surface area contributed by atoms with Crippen molar-refractivity contribution in [3.8, 4) is 0 Å². The molecule has 0 atom stereocenters. The van der Waals surface area contributed by atoms with E-state index >= 15 is 0 Å². The monoisotopic (exact) mass is 335 g/mol. The van der Waals surface area contributed by atoms with Gasteiger partial charge in [-0.05, 0) is 37.9 Å². The van der Waals surface area contributed by atoms with Crippen molar-refractivity contribution >= 4 is 59.0 Å². The number of nitrogens with zero attached hydrogens (tertiary/aromatic N) is 1. The van der Waals surface area contributed by atoms with Crippen molar-refractivity contribution in [2.24, 2.45) is 0 Å². The Morgan fingerprint density at radius 3 is 2.64 bits per heavy atom. The fourth-order valence-electron chi connectivity index (χ4n) is 1.20. The molecule has 6 heteroatoms. The molecule has 0 aliphatic heterocycles. The summed E-state index contributed by atoms with van der Waals surface area (Å²) in [6, 6.07) is 3.55. The Kier molecular flexibility index (Phi) is 2.59. The summed E-state index contributed by atoms with van der Waals surface area (Å²) in [6.07, 6.45) is 0. The van der Waals surface area contributed by atoms with E-state index in [0.29, 0.717) is 9.17 Å². The predicted octanol–water partition coefficient (Wildman–Crippen LogP) is 4.33. The number of nitro benzene ring substituents is 1. The molecule has 0 saturated heterocycles. The standard InChI is InChI=1S/C8H3Br2NO2S/c9-5-2-1-4-6(10)3-14-8(4)7(5)11(12)13/h1-3H. The van der Waals surface area contributed by atoms with Crippen molar-refractivity contribution in [3.63, 3.8) is 0 Å². The lowest BCUT2D eigenvalue weighted by Gasteiger charge is -1.96. The van der Waals surface area contributed by atoms with Gasteiger partial charge in [0.15, 0.2) is 0 Å². The predicted molar refractivity (Wildman–Crippen MR) is 63.9 cm³/mol. The second-order valence-corrected chi connectivity index (χ2v) is 5.20. The van der Waals surface area contributed by atoms with Crippen molar-refractivity contribution in [3.05, 3.63) is 36.6 Å². The van der Waals surface area contributed by atoms with Crippen molar-refractivity contribution < 1.29 is 4.92 Å². The molecule has 0 amide bonds. The zero-order valence-electron chi connectivity index (χ0n) is 6.66. The lowest BCUT2D eigenvalue weighted by atomic mass is 10.2. The van der Waals surface area contributed by atoms with E-state index in [1.807, 2.05) is 11.4 Å². The smallest absolute Gasteiger partial charge is 0.258 e. The van der Waals surface area contributed by atoms with Gasteiger partial charge in [0.1, 0.15) is 4.70 Å². The van der Waals surface area contributed by atoms with Gasteiger partial charge in [-0.3, -0.25) is 10.1 Å². The summed E-state index contributed by atoms with van der Waals surface area (Å²) in [6.45, 7) is 0. The number of rotatable bonds is 1. The summed E-state index contributed by atoms with van der Waals surface area (Å²) in [5, 5.41) is 13.5. The van der Waals surface area contributed by atoms with Gasteiger partial charge in [-0.25, -0.2) is 0 Å². The minimum absolute atomic E-state index is 0.137. The lowest BCUT2D eigenvalue weighted by Crippen LogP contribution is -1.88. The summed E-state index contributed by atoms with van der Waals surface area (Å²) in [5.74, 6) is 0. The van der Waals surface area contributed by atoms with Gasteiger partial charge in [-0.15, -0.1) is 11.3 Å². The second-order valence-electron chi connectivity index (χ2n) is 2.61. The van der Waals surface area contributed by atoms with Gasteiger partial charge >= 0.3 is 5.69 Å². The van der Waals surface area contributed by atoms with E-state index in [1.54, 1.807) is 6.07 Å². The fraction of sp³-hybridized carbons (Fsp3) is 0. The van der Waals surface area contributed by atoms with Gasteiger partial charge in [0.05, 0.1) is 9.40 Å². The molecule has 1 aromatic heterocycles. The summed E-state index contributed by atoms with van der Waals surface area (Å²) in [5.41, 5.74) is 0.137. The largest absolute Gasteiger partial charge is 0.301 e. The van der Waals surface area contributed by atoms with E-state index in [-0.39, 0.29) is 10.6 Å². The van der Waals surface area contributed by atoms with E-state index in [9.17, 15) is 10.1 Å². The number of nitro groups is 1. The van der Waals surface area contributed by atoms with Gasteiger partial charge in [-0.1, -0.05) is 6.07 Å². The molecule has 0 aliphatic carbocycles. The average Bonchev–Trinajstić information content (AvgIpc) is 2.47. The van der Waals surface area contributed by atoms with Crippen LogP contribution in [0.2, 0.25) is 0 Å². The molecular weight excluding hydrogens is 334 g/mol. The summed E-state index contributed by atoms with van der Waals surface area (Å²) < 4.78 is 2.11. The molecule has 0 radical (unpaired) electrons. The van der Waals surface area contributed by atoms with Crippen LogP contribution in [0.25, 0.3) is 10.1 Å². The Hall–Kier alpha value is -0.460. The molecule has 0 spiro atoms. The average molecular weight is 337 g/mol. The molecule has 0 N–H and O–H groups in total. The van der Waals surface area contributed by atoms with E-state index < -0.39 is 0 Å². The highest BCUT2D eigenvalue weighted by Crippen LogP contribution is 2.40. The van der Waals surface area contributed by atoms with Crippen LogP contribution >= 0.6 is 43.2 Å². The maximum atomic E-state index is 10.8. The van der Waals surface area contributed by atoms with E-state index in [0.717, 1.165) is 9.86 Å². The Morgan fingerprint density at radius 1 is 1.29 bits per heavy atom. The second kappa shape index (κ2) is 3.60. The minimum atomic E-state index is -0.366. The third-order valence-electron chi connectivity index (χ3n) is 1.80. The molecule has 3 nitrogen and oxygen atoms in total. The van der Waals surface area contributed by atoms with E-state index in [4.69, 9.17) is 0 Å². The first-order chi connectivity index (χ1) is 6.61. The van der Waals surface area contributed by atoms with Crippen LogP contribution in [0.4, 0.5) is 5.69 Å². The molecular formula is C8H3Br2NO2S. The third kappa shape index (κ3) is 1.47. The van der Waals surface area contributed by atoms with Gasteiger partial charge in [-0.2, -0.15) is 0 Å². The van der Waals surface area contributed by atoms with Crippen LogP contribution in [-0.2, 0) is 0 Å². The number of fused-ring (bicyclic) bond motifs is 1. The topological polar surface area (TPSA) is 43.1 Å². The SMILES string of the molecule is O=[N+]([O-])c1c(Br)ccc2c(Br)csc12. The van der Waals surface area contributed by atoms with Crippen LogP contribution < -0.4 is 0 Å². The summed E-state index contributed by atoms with van der Waals surface area (Å²) >= 11 is 7.89. The van der Waals surface area contributed by atoms with Crippen LogP contribution in [-0.4, -0.2) is 4.92 Å². The maximum absolute atomic E-state index is 10.8. The molecule has 0 aliphatic rings. The first-order valence-electron chi connectivity index (χ1n) is 3.61. The minimum Gasteiger partial charge on any atom is -0.258 e. The van der Waals surface area contributed by atoms with Gasteiger partial charge in [0.25, 0.3) is 0 Å². The Balaban J connectivity index is 2.90.